The fourth-order valence-corrected chi connectivity index (χ4v) is 7.41. The number of rotatable bonds is 13. The predicted octanol–water partition coefficient (Wildman–Crippen LogP) is 7.59. The summed E-state index contributed by atoms with van der Waals surface area (Å²) >= 11 is 0. The first-order chi connectivity index (χ1) is 24.8. The molecule has 270 valence electrons. The second-order valence-electron chi connectivity index (χ2n) is 14.6. The Kier molecular flexibility index (Phi) is 10.6. The number of hydrogen-bond donors (Lipinski definition) is 4. The standard InChI is InChI=1S/C40H46N6O5Si/c1-40(2,3)52(4,5)51-36(30-16-19-34(47)38-31(30)17-20-37(48)43-38)25-42-24-27-14-18-33-32(22-27)44-45-46(33)21-9-10-26-13-15-29(28-11-7-6-8-12-28)35(23-26)50-39(41)49/h6-8,11-20,22-23,36,42,47H,9-10,21,24-25H2,1-5H3,(H2,41,49)(H,43,48)/t36-/m0/s1. The summed E-state index contributed by atoms with van der Waals surface area (Å²) in [4.78, 5) is 26.5. The van der Waals surface area contributed by atoms with Gasteiger partial charge in [-0.15, -0.1) is 5.10 Å². The van der Waals surface area contributed by atoms with E-state index in [0.29, 0.717) is 30.9 Å². The van der Waals surface area contributed by atoms with E-state index in [4.69, 9.17) is 14.9 Å². The molecule has 0 aliphatic heterocycles. The Balaban J connectivity index is 1.12. The molecule has 0 radical (unpaired) electrons. The molecular formula is C40H46N6O5Si. The lowest BCUT2D eigenvalue weighted by molar-refractivity contribution is 0.181. The van der Waals surface area contributed by atoms with Gasteiger partial charge in [-0.1, -0.05) is 80.6 Å². The molecule has 0 fully saturated rings. The molecule has 0 aliphatic carbocycles. The zero-order chi connectivity index (χ0) is 37.0. The van der Waals surface area contributed by atoms with Crippen molar-refractivity contribution in [2.75, 3.05) is 6.54 Å². The molecule has 1 atom stereocenters. The van der Waals surface area contributed by atoms with E-state index in [1.165, 1.54) is 6.07 Å². The van der Waals surface area contributed by atoms with Crippen LogP contribution in [0.2, 0.25) is 18.1 Å². The second kappa shape index (κ2) is 15.1. The molecule has 52 heavy (non-hydrogen) atoms. The van der Waals surface area contributed by atoms with Crippen LogP contribution in [0.5, 0.6) is 11.5 Å². The number of aromatic nitrogens is 4. The maximum absolute atomic E-state index is 12.1. The SMILES string of the molecule is CC(C)(C)[Si](C)(C)O[C@@H](CNCc1ccc2c(c1)nnn2CCCc1ccc(-c2ccccc2)c(OC(N)=O)c1)c1ccc(O)c2[nH]c(=O)ccc12. The third kappa shape index (κ3) is 8.25. The molecule has 4 aromatic carbocycles. The fraction of sp³-hybridized carbons (Fsp3) is 0.300. The minimum absolute atomic E-state index is 0.0155. The second-order valence-corrected chi connectivity index (χ2v) is 19.4. The molecule has 2 aromatic heterocycles. The number of nitrogens with zero attached hydrogens (tertiary/aromatic N) is 3. The Morgan fingerprint density at radius 3 is 2.52 bits per heavy atom. The molecule has 0 saturated carbocycles. The number of phenols is 1. The van der Waals surface area contributed by atoms with Crippen molar-refractivity contribution < 1.29 is 19.1 Å². The number of benzene rings is 4. The van der Waals surface area contributed by atoms with Gasteiger partial charge in [-0.25, -0.2) is 9.48 Å². The highest BCUT2D eigenvalue weighted by Gasteiger charge is 2.39. The molecule has 0 saturated heterocycles. The molecule has 5 N–H and O–H groups in total. The van der Waals surface area contributed by atoms with Crippen molar-refractivity contribution >= 4 is 36.3 Å². The Labute approximate surface area is 303 Å². The summed E-state index contributed by atoms with van der Waals surface area (Å²) in [5, 5.41) is 23.7. The third-order valence-corrected chi connectivity index (χ3v) is 14.4. The van der Waals surface area contributed by atoms with E-state index < -0.39 is 14.4 Å². The lowest BCUT2D eigenvalue weighted by atomic mass is 10.0. The molecule has 0 bridgehead atoms. The first-order valence-electron chi connectivity index (χ1n) is 17.5. The van der Waals surface area contributed by atoms with E-state index in [-0.39, 0.29) is 22.5 Å². The normalized spacial score (nSPS) is 12.7. The number of aromatic hydroxyl groups is 1. The largest absolute Gasteiger partial charge is 0.506 e. The van der Waals surface area contributed by atoms with Gasteiger partial charge in [-0.3, -0.25) is 4.79 Å². The van der Waals surface area contributed by atoms with Gasteiger partial charge in [0.25, 0.3) is 0 Å². The first kappa shape index (κ1) is 36.5. The number of pyridine rings is 1. The minimum Gasteiger partial charge on any atom is -0.506 e. The van der Waals surface area contributed by atoms with E-state index in [0.717, 1.165) is 57.1 Å². The average molecular weight is 719 g/mol. The van der Waals surface area contributed by atoms with Gasteiger partial charge in [0.05, 0.1) is 17.1 Å². The smallest absolute Gasteiger partial charge is 0.409 e. The zero-order valence-corrected chi connectivity index (χ0v) is 31.3. The van der Waals surface area contributed by atoms with Crippen LogP contribution in [-0.2, 0) is 23.9 Å². The van der Waals surface area contributed by atoms with Crippen LogP contribution < -0.4 is 21.3 Å². The van der Waals surface area contributed by atoms with Crippen molar-refractivity contribution in [3.05, 3.63) is 118 Å². The van der Waals surface area contributed by atoms with Crippen molar-refractivity contribution in [2.45, 2.75) is 70.9 Å². The Morgan fingerprint density at radius 1 is 1.00 bits per heavy atom. The van der Waals surface area contributed by atoms with E-state index in [1.54, 1.807) is 12.1 Å². The molecule has 6 aromatic rings. The molecule has 2 heterocycles. The highest BCUT2D eigenvalue weighted by atomic mass is 28.4. The van der Waals surface area contributed by atoms with Crippen molar-refractivity contribution in [1.82, 2.24) is 25.3 Å². The van der Waals surface area contributed by atoms with Gasteiger partial charge in [0, 0.05) is 36.7 Å². The number of primary amides is 1. The highest BCUT2D eigenvalue weighted by molar-refractivity contribution is 6.74. The summed E-state index contributed by atoms with van der Waals surface area (Å²) in [5.74, 6) is 0.465. The van der Waals surface area contributed by atoms with Crippen molar-refractivity contribution in [3.8, 4) is 22.6 Å². The zero-order valence-electron chi connectivity index (χ0n) is 30.3. The Hall–Kier alpha value is -5.30. The van der Waals surface area contributed by atoms with Gasteiger partial charge < -0.3 is 30.3 Å². The number of fused-ring (bicyclic) bond motifs is 2. The van der Waals surface area contributed by atoms with Crippen molar-refractivity contribution in [1.29, 1.82) is 0 Å². The Bertz CT molecular complexity index is 2260. The van der Waals surface area contributed by atoms with Gasteiger partial charge in [0.2, 0.25) is 5.56 Å². The number of nitrogens with two attached hydrogens (primary N) is 1. The summed E-state index contributed by atoms with van der Waals surface area (Å²) in [7, 11) is -2.20. The molecular weight excluding hydrogens is 673 g/mol. The van der Waals surface area contributed by atoms with Crippen LogP contribution in [0.4, 0.5) is 4.79 Å². The van der Waals surface area contributed by atoms with Gasteiger partial charge in [-0.2, -0.15) is 0 Å². The lowest BCUT2D eigenvalue weighted by Gasteiger charge is -2.39. The number of aromatic amines is 1. The van der Waals surface area contributed by atoms with Crippen molar-refractivity contribution in [3.63, 3.8) is 0 Å². The molecule has 1 amide bonds. The van der Waals surface area contributed by atoms with E-state index in [9.17, 15) is 14.7 Å². The van der Waals surface area contributed by atoms with Crippen LogP contribution in [0.15, 0.2) is 95.8 Å². The van der Waals surface area contributed by atoms with Crippen LogP contribution in [-0.4, -0.2) is 46.0 Å². The van der Waals surface area contributed by atoms with Crippen LogP contribution in [0.1, 0.15) is 50.0 Å². The summed E-state index contributed by atoms with van der Waals surface area (Å²) < 4.78 is 14.2. The van der Waals surface area contributed by atoms with Crippen LogP contribution >= 0.6 is 0 Å². The number of H-pyrrole nitrogens is 1. The maximum Gasteiger partial charge on any atom is 0.409 e. The molecule has 0 spiro atoms. The van der Waals surface area contributed by atoms with Crippen molar-refractivity contribution in [2.24, 2.45) is 5.73 Å². The molecule has 6 rings (SSSR count). The lowest BCUT2D eigenvalue weighted by Crippen LogP contribution is -2.43. The van der Waals surface area contributed by atoms with Gasteiger partial charge >= 0.3 is 6.09 Å². The summed E-state index contributed by atoms with van der Waals surface area (Å²) in [6.07, 6.45) is 0.394. The quantitative estimate of drug-likeness (QED) is 0.0890. The van der Waals surface area contributed by atoms with Gasteiger partial charge in [0.1, 0.15) is 17.0 Å². The van der Waals surface area contributed by atoms with Crippen LogP contribution in [0.25, 0.3) is 33.1 Å². The molecule has 12 heteroatoms. The number of carbonyl (C=O) groups excluding carboxylic acids is 1. The summed E-state index contributed by atoms with van der Waals surface area (Å²) in [6, 6.07) is 28.5. The number of hydrogen-bond acceptors (Lipinski definition) is 8. The topological polar surface area (TPSA) is 157 Å². The van der Waals surface area contributed by atoms with Crippen LogP contribution in [0.3, 0.4) is 0 Å². The Morgan fingerprint density at radius 2 is 1.77 bits per heavy atom. The number of aryl methyl sites for hydroxylation is 2. The number of ether oxygens (including phenoxy) is 1. The van der Waals surface area contributed by atoms with E-state index >= 15 is 0 Å². The van der Waals surface area contributed by atoms with E-state index in [2.05, 4.69) is 60.5 Å². The number of carbonyl (C=O) groups is 1. The molecule has 0 aliphatic rings. The maximum atomic E-state index is 12.1. The predicted molar refractivity (Wildman–Crippen MR) is 207 cm³/mol. The van der Waals surface area contributed by atoms with E-state index in [1.807, 2.05) is 71.4 Å². The molecule has 11 nitrogen and oxygen atoms in total. The summed E-state index contributed by atoms with van der Waals surface area (Å²) in [6.45, 7) is 12.8. The number of amides is 1. The van der Waals surface area contributed by atoms with Gasteiger partial charge in [0.15, 0.2) is 8.32 Å². The summed E-state index contributed by atoms with van der Waals surface area (Å²) in [5.41, 5.74) is 12.0. The average Bonchev–Trinajstić information content (AvgIpc) is 3.50. The first-order valence-corrected chi connectivity index (χ1v) is 20.4. The molecule has 0 unspecified atom stereocenters. The highest BCUT2D eigenvalue weighted by Crippen LogP contribution is 2.41. The third-order valence-electron chi connectivity index (χ3n) is 9.91. The minimum atomic E-state index is -2.20. The monoisotopic (exact) mass is 718 g/mol. The van der Waals surface area contributed by atoms with Crippen LogP contribution in [0, 0.1) is 0 Å². The van der Waals surface area contributed by atoms with Gasteiger partial charge in [-0.05, 0) is 83.6 Å². The number of nitrogens with one attached hydrogen (secondary N) is 2. The number of phenolic OH excluding ortho intramolecular Hbond substituents is 1. The fourth-order valence-electron chi connectivity index (χ4n) is 6.13.